The first kappa shape index (κ1) is 20.1. The van der Waals surface area contributed by atoms with Crippen molar-refractivity contribution in [1.82, 2.24) is 0 Å². The van der Waals surface area contributed by atoms with Crippen molar-refractivity contribution in [3.63, 3.8) is 0 Å². The zero-order chi connectivity index (χ0) is 18.3. The minimum Gasteiger partial charge on any atom is -0.286 e. The van der Waals surface area contributed by atoms with Gasteiger partial charge in [0.2, 0.25) is 0 Å². The molecule has 1 N–H and O–H groups in total. The lowest BCUT2D eigenvalue weighted by Crippen LogP contribution is -2.42. The van der Waals surface area contributed by atoms with Crippen molar-refractivity contribution < 1.29 is 17.5 Å². The summed E-state index contributed by atoms with van der Waals surface area (Å²) >= 11 is 0. The van der Waals surface area contributed by atoms with E-state index in [2.05, 4.69) is 48.9 Å². The predicted octanol–water partition coefficient (Wildman–Crippen LogP) is 4.03. The SMILES string of the molecule is CCCCC1(CCCC)C[N+](CCCS(=O)(=O)O)=Cc2ccccc21. The van der Waals surface area contributed by atoms with E-state index in [9.17, 15) is 8.42 Å². The van der Waals surface area contributed by atoms with E-state index in [1.54, 1.807) is 0 Å². The number of rotatable bonds is 10. The molecule has 1 aromatic carbocycles. The van der Waals surface area contributed by atoms with Gasteiger partial charge in [-0.05, 0) is 24.5 Å². The van der Waals surface area contributed by atoms with Crippen LogP contribution in [0.2, 0.25) is 0 Å². The van der Waals surface area contributed by atoms with Crippen LogP contribution in [-0.2, 0) is 15.5 Å². The zero-order valence-corrected chi connectivity index (χ0v) is 16.4. The second kappa shape index (κ2) is 8.95. The summed E-state index contributed by atoms with van der Waals surface area (Å²) in [5, 5.41) is 0. The van der Waals surface area contributed by atoms with Gasteiger partial charge in [0.05, 0.1) is 11.2 Å². The van der Waals surface area contributed by atoms with Crippen molar-refractivity contribution in [3.05, 3.63) is 35.4 Å². The Balaban J connectivity index is 2.28. The van der Waals surface area contributed by atoms with E-state index in [1.807, 2.05) is 0 Å². The topological polar surface area (TPSA) is 57.4 Å². The smallest absolute Gasteiger partial charge is 0.265 e. The summed E-state index contributed by atoms with van der Waals surface area (Å²) in [5.74, 6) is -0.171. The second-order valence-corrected chi connectivity index (χ2v) is 8.89. The Morgan fingerprint density at radius 2 is 1.72 bits per heavy atom. The first-order valence-corrected chi connectivity index (χ1v) is 11.1. The van der Waals surface area contributed by atoms with Crippen LogP contribution in [0, 0.1) is 0 Å². The fraction of sp³-hybridized carbons (Fsp3) is 0.650. The largest absolute Gasteiger partial charge is 0.286 e. The molecule has 4 nitrogen and oxygen atoms in total. The summed E-state index contributed by atoms with van der Waals surface area (Å²) in [5.41, 5.74) is 2.85. The van der Waals surface area contributed by atoms with E-state index in [1.165, 1.54) is 49.7 Å². The third kappa shape index (κ3) is 5.65. The molecular formula is C20H32NO3S+. The Labute approximate surface area is 152 Å². The molecule has 0 saturated carbocycles. The summed E-state index contributed by atoms with van der Waals surface area (Å²) in [6, 6.07) is 8.64. The molecule has 0 radical (unpaired) electrons. The molecule has 140 valence electrons. The highest BCUT2D eigenvalue weighted by Crippen LogP contribution is 2.39. The molecule has 2 rings (SSSR count). The summed E-state index contributed by atoms with van der Waals surface area (Å²) in [4.78, 5) is 0. The molecule has 0 aromatic heterocycles. The van der Waals surface area contributed by atoms with Crippen molar-refractivity contribution in [2.75, 3.05) is 18.8 Å². The Morgan fingerprint density at radius 1 is 1.08 bits per heavy atom. The molecule has 1 heterocycles. The quantitative estimate of drug-likeness (QED) is 0.502. The van der Waals surface area contributed by atoms with Gasteiger partial charge in [0, 0.05) is 12.0 Å². The second-order valence-electron chi connectivity index (χ2n) is 7.31. The maximum absolute atomic E-state index is 11.0. The standard InChI is InChI=1S/C20H31NO3S/c1-3-5-12-20(13-6-4-2)17-21(14-9-15-25(22,23)24)16-18-10-7-8-11-19(18)20/h7-8,10-11,16H,3-6,9,12-15,17H2,1-2H3/p+1. The lowest BCUT2D eigenvalue weighted by atomic mass is 9.69. The highest BCUT2D eigenvalue weighted by Gasteiger charge is 2.40. The molecule has 0 spiro atoms. The van der Waals surface area contributed by atoms with E-state index in [0.717, 1.165) is 6.54 Å². The van der Waals surface area contributed by atoms with Crippen molar-refractivity contribution in [1.29, 1.82) is 0 Å². The summed E-state index contributed by atoms with van der Waals surface area (Å²) in [6.45, 7) is 6.07. The van der Waals surface area contributed by atoms with Crippen LogP contribution >= 0.6 is 0 Å². The minimum atomic E-state index is -3.88. The molecule has 1 aliphatic rings. The van der Waals surface area contributed by atoms with Crippen molar-refractivity contribution in [3.8, 4) is 0 Å². The van der Waals surface area contributed by atoms with Gasteiger partial charge in [-0.2, -0.15) is 8.42 Å². The number of nitrogens with zero attached hydrogens (tertiary/aromatic N) is 1. The molecule has 5 heteroatoms. The molecule has 25 heavy (non-hydrogen) atoms. The first-order valence-electron chi connectivity index (χ1n) is 9.54. The molecule has 0 amide bonds. The molecule has 1 aromatic rings. The average molecular weight is 367 g/mol. The number of hydrogen-bond donors (Lipinski definition) is 1. The van der Waals surface area contributed by atoms with E-state index in [0.29, 0.717) is 13.0 Å². The van der Waals surface area contributed by atoms with E-state index >= 15 is 0 Å². The third-order valence-corrected chi connectivity index (χ3v) is 6.03. The average Bonchev–Trinajstić information content (AvgIpc) is 2.57. The Kier molecular flexibility index (Phi) is 7.20. The fourth-order valence-corrected chi connectivity index (χ4v) is 4.48. The molecule has 0 fully saturated rings. The van der Waals surface area contributed by atoms with Crippen molar-refractivity contribution in [2.45, 2.75) is 64.2 Å². The van der Waals surface area contributed by atoms with Crippen LogP contribution in [0.1, 0.15) is 69.9 Å². The Morgan fingerprint density at radius 3 is 2.32 bits per heavy atom. The summed E-state index contributed by atoms with van der Waals surface area (Å²) < 4.78 is 33.3. The minimum absolute atomic E-state index is 0.148. The van der Waals surface area contributed by atoms with Gasteiger partial charge >= 0.3 is 0 Å². The predicted molar refractivity (Wildman–Crippen MR) is 103 cm³/mol. The number of hydrogen-bond acceptors (Lipinski definition) is 2. The van der Waals surface area contributed by atoms with Crippen molar-refractivity contribution >= 4 is 16.3 Å². The Hall–Kier alpha value is -1.20. The van der Waals surface area contributed by atoms with Gasteiger partial charge < -0.3 is 0 Å². The molecular weight excluding hydrogens is 334 g/mol. The van der Waals surface area contributed by atoms with Crippen LogP contribution in [0.5, 0.6) is 0 Å². The van der Waals surface area contributed by atoms with Gasteiger partial charge in [-0.3, -0.25) is 4.55 Å². The third-order valence-electron chi connectivity index (χ3n) is 5.22. The van der Waals surface area contributed by atoms with Crippen LogP contribution in [0.3, 0.4) is 0 Å². The van der Waals surface area contributed by atoms with Gasteiger partial charge in [-0.25, -0.2) is 4.58 Å². The lowest BCUT2D eigenvalue weighted by molar-refractivity contribution is -0.535. The van der Waals surface area contributed by atoms with E-state index in [-0.39, 0.29) is 11.2 Å². The molecule has 0 saturated heterocycles. The number of fused-ring (bicyclic) bond motifs is 1. The summed E-state index contributed by atoms with van der Waals surface area (Å²) in [6.07, 6.45) is 9.73. The Bertz CT molecular complexity index is 687. The molecule has 0 aliphatic carbocycles. The van der Waals surface area contributed by atoms with Crippen LogP contribution in [-0.4, -0.2) is 42.6 Å². The zero-order valence-electron chi connectivity index (χ0n) is 15.6. The van der Waals surface area contributed by atoms with Gasteiger partial charge in [0.15, 0.2) is 12.8 Å². The maximum atomic E-state index is 11.0. The molecule has 0 atom stereocenters. The highest BCUT2D eigenvalue weighted by molar-refractivity contribution is 7.85. The molecule has 1 aliphatic heterocycles. The van der Waals surface area contributed by atoms with Gasteiger partial charge in [0.1, 0.15) is 6.54 Å². The highest BCUT2D eigenvalue weighted by atomic mass is 32.2. The van der Waals surface area contributed by atoms with Crippen molar-refractivity contribution in [2.24, 2.45) is 0 Å². The van der Waals surface area contributed by atoms with Crippen LogP contribution in [0.15, 0.2) is 24.3 Å². The van der Waals surface area contributed by atoms with Gasteiger partial charge in [-0.1, -0.05) is 57.7 Å². The van der Waals surface area contributed by atoms with E-state index in [4.69, 9.17) is 4.55 Å². The maximum Gasteiger partial charge on any atom is 0.265 e. The van der Waals surface area contributed by atoms with Gasteiger partial charge in [-0.15, -0.1) is 0 Å². The lowest BCUT2D eigenvalue weighted by Gasteiger charge is -2.36. The first-order chi connectivity index (χ1) is 11.9. The number of unbranched alkanes of at least 4 members (excludes halogenated alkanes) is 2. The molecule has 0 bridgehead atoms. The van der Waals surface area contributed by atoms with Gasteiger partial charge in [0.25, 0.3) is 10.1 Å². The monoisotopic (exact) mass is 366 g/mol. The molecule has 0 unspecified atom stereocenters. The van der Waals surface area contributed by atoms with Crippen LogP contribution in [0.4, 0.5) is 0 Å². The van der Waals surface area contributed by atoms with Crippen LogP contribution in [0.25, 0.3) is 0 Å². The van der Waals surface area contributed by atoms with Crippen LogP contribution < -0.4 is 0 Å². The summed E-state index contributed by atoms with van der Waals surface area (Å²) in [7, 11) is -3.88. The fourth-order valence-electron chi connectivity index (χ4n) is 3.99. The number of benzene rings is 1. The van der Waals surface area contributed by atoms with E-state index < -0.39 is 10.1 Å². The normalized spacial score (nSPS) is 16.4.